The van der Waals surface area contributed by atoms with E-state index in [0.29, 0.717) is 25.2 Å². The predicted octanol–water partition coefficient (Wildman–Crippen LogP) is 2.04. The molecule has 0 heterocycles. The number of sulfonamides is 1. The Morgan fingerprint density at radius 2 is 1.72 bits per heavy atom. The monoisotopic (exact) mass is 277 g/mol. The van der Waals surface area contributed by atoms with Gasteiger partial charge in [0.25, 0.3) is 0 Å². The van der Waals surface area contributed by atoms with E-state index in [1.54, 1.807) is 0 Å². The van der Waals surface area contributed by atoms with Crippen LogP contribution in [0.5, 0.6) is 0 Å². The second-order valence-corrected chi connectivity index (χ2v) is 7.89. The van der Waals surface area contributed by atoms with E-state index >= 15 is 0 Å². The molecular formula is C13H27NO3S. The molecule has 0 saturated heterocycles. The Labute approximate surface area is 111 Å². The lowest BCUT2D eigenvalue weighted by Crippen LogP contribution is -2.43. The fraction of sp³-hybridized carbons (Fsp3) is 1.00. The Morgan fingerprint density at radius 1 is 1.17 bits per heavy atom. The molecule has 108 valence electrons. The molecule has 0 unspecified atom stereocenters. The molecule has 0 aromatic heterocycles. The third kappa shape index (κ3) is 6.16. The molecule has 1 fully saturated rings. The predicted molar refractivity (Wildman–Crippen MR) is 73.9 cm³/mol. The van der Waals surface area contributed by atoms with Gasteiger partial charge in [-0.3, -0.25) is 0 Å². The van der Waals surface area contributed by atoms with Crippen molar-refractivity contribution in [1.82, 2.24) is 4.72 Å². The maximum absolute atomic E-state index is 11.8. The third-order valence-corrected chi connectivity index (χ3v) is 4.98. The van der Waals surface area contributed by atoms with E-state index in [9.17, 15) is 13.5 Å². The van der Waals surface area contributed by atoms with Crippen LogP contribution < -0.4 is 4.72 Å². The highest BCUT2D eigenvalue weighted by Crippen LogP contribution is 2.26. The van der Waals surface area contributed by atoms with E-state index in [4.69, 9.17) is 0 Å². The van der Waals surface area contributed by atoms with Gasteiger partial charge in [-0.2, -0.15) is 0 Å². The molecule has 0 amide bonds. The van der Waals surface area contributed by atoms with Crippen molar-refractivity contribution in [2.75, 3.05) is 12.3 Å². The molecule has 1 saturated carbocycles. The fourth-order valence-electron chi connectivity index (χ4n) is 2.27. The van der Waals surface area contributed by atoms with Gasteiger partial charge in [-0.1, -0.05) is 39.5 Å². The van der Waals surface area contributed by atoms with Crippen molar-refractivity contribution < 1.29 is 13.5 Å². The molecule has 1 aliphatic rings. The number of hydrogen-bond acceptors (Lipinski definition) is 3. The van der Waals surface area contributed by atoms with Crippen LogP contribution in [0.25, 0.3) is 0 Å². The van der Waals surface area contributed by atoms with Gasteiger partial charge < -0.3 is 5.11 Å². The zero-order valence-corrected chi connectivity index (χ0v) is 12.4. The van der Waals surface area contributed by atoms with Crippen LogP contribution in [0.2, 0.25) is 0 Å². The number of aliphatic hydroxyl groups is 1. The van der Waals surface area contributed by atoms with Crippen molar-refractivity contribution in [3.63, 3.8) is 0 Å². The van der Waals surface area contributed by atoms with Crippen LogP contribution in [0.4, 0.5) is 0 Å². The third-order valence-electron chi connectivity index (χ3n) is 3.62. The average molecular weight is 277 g/mol. The second kappa shape index (κ2) is 6.87. The van der Waals surface area contributed by atoms with Crippen LogP contribution in [0, 0.1) is 5.92 Å². The summed E-state index contributed by atoms with van der Waals surface area (Å²) in [5, 5.41) is 10.4. The summed E-state index contributed by atoms with van der Waals surface area (Å²) in [7, 11) is -3.24. The van der Waals surface area contributed by atoms with Crippen LogP contribution in [-0.2, 0) is 10.0 Å². The van der Waals surface area contributed by atoms with Crippen molar-refractivity contribution in [3.05, 3.63) is 0 Å². The maximum Gasteiger partial charge on any atom is 0.211 e. The molecule has 0 aromatic carbocycles. The van der Waals surface area contributed by atoms with E-state index in [1.165, 1.54) is 0 Å². The van der Waals surface area contributed by atoms with Gasteiger partial charge in [-0.05, 0) is 25.2 Å². The Hall–Kier alpha value is -0.130. The van der Waals surface area contributed by atoms with Gasteiger partial charge in [0.05, 0.1) is 11.4 Å². The molecule has 0 aromatic rings. The molecule has 18 heavy (non-hydrogen) atoms. The summed E-state index contributed by atoms with van der Waals surface area (Å²) in [6.07, 6.45) is 6.34. The minimum atomic E-state index is -3.24. The van der Waals surface area contributed by atoms with Gasteiger partial charge >= 0.3 is 0 Å². The Morgan fingerprint density at radius 3 is 2.22 bits per heavy atom. The first-order valence-electron chi connectivity index (χ1n) is 7.03. The number of hydrogen-bond donors (Lipinski definition) is 2. The first-order chi connectivity index (χ1) is 8.33. The zero-order chi connectivity index (χ0) is 13.6. The van der Waals surface area contributed by atoms with E-state index in [2.05, 4.69) is 4.72 Å². The highest BCUT2D eigenvalue weighted by atomic mass is 32.2. The summed E-state index contributed by atoms with van der Waals surface area (Å²) in [6.45, 7) is 4.19. The smallest absolute Gasteiger partial charge is 0.211 e. The molecule has 1 rings (SSSR count). The molecular weight excluding hydrogens is 250 g/mol. The summed E-state index contributed by atoms with van der Waals surface area (Å²) in [5.41, 5.74) is -0.832. The van der Waals surface area contributed by atoms with E-state index in [1.807, 2.05) is 13.8 Å². The first-order valence-corrected chi connectivity index (χ1v) is 8.68. The average Bonchev–Trinajstić information content (AvgIpc) is 2.50. The lowest BCUT2D eigenvalue weighted by molar-refractivity contribution is 0.0303. The lowest BCUT2D eigenvalue weighted by Gasteiger charge is -2.26. The highest BCUT2D eigenvalue weighted by molar-refractivity contribution is 7.89. The molecule has 0 atom stereocenters. The van der Waals surface area contributed by atoms with Gasteiger partial charge in [-0.25, -0.2) is 13.1 Å². The fourth-order valence-corrected chi connectivity index (χ4v) is 3.69. The lowest BCUT2D eigenvalue weighted by atomic mass is 9.95. The van der Waals surface area contributed by atoms with Crippen LogP contribution in [-0.4, -0.2) is 31.4 Å². The molecule has 2 N–H and O–H groups in total. The zero-order valence-electron chi connectivity index (χ0n) is 11.6. The van der Waals surface area contributed by atoms with Crippen LogP contribution >= 0.6 is 0 Å². The van der Waals surface area contributed by atoms with E-state index in [-0.39, 0.29) is 12.3 Å². The molecule has 0 aliphatic heterocycles. The normalized spacial score (nSPS) is 20.9. The molecule has 0 spiro atoms. The van der Waals surface area contributed by atoms with Gasteiger partial charge in [0.15, 0.2) is 0 Å². The van der Waals surface area contributed by atoms with Crippen molar-refractivity contribution in [2.45, 2.75) is 64.4 Å². The van der Waals surface area contributed by atoms with Crippen LogP contribution in [0.3, 0.4) is 0 Å². The minimum Gasteiger partial charge on any atom is -0.389 e. The number of nitrogens with one attached hydrogen (secondary N) is 1. The summed E-state index contributed by atoms with van der Waals surface area (Å²) in [6, 6.07) is 0. The van der Waals surface area contributed by atoms with Gasteiger partial charge in [-0.15, -0.1) is 0 Å². The SMILES string of the molecule is CC(C)CCS(=O)(=O)NCC1(O)CCCCCC1. The molecule has 0 radical (unpaired) electrons. The standard InChI is InChI=1S/C13H27NO3S/c1-12(2)7-10-18(16,17)14-11-13(15)8-5-3-4-6-9-13/h12,14-15H,3-11H2,1-2H3. The van der Waals surface area contributed by atoms with Gasteiger partial charge in [0.2, 0.25) is 10.0 Å². The van der Waals surface area contributed by atoms with Crippen LogP contribution in [0.1, 0.15) is 58.8 Å². The van der Waals surface area contributed by atoms with Gasteiger partial charge in [0.1, 0.15) is 0 Å². The summed E-state index contributed by atoms with van der Waals surface area (Å²) in [4.78, 5) is 0. The molecule has 1 aliphatic carbocycles. The van der Waals surface area contributed by atoms with Crippen molar-refractivity contribution in [3.8, 4) is 0 Å². The summed E-state index contributed by atoms with van der Waals surface area (Å²) in [5.74, 6) is 0.531. The largest absolute Gasteiger partial charge is 0.389 e. The Kier molecular flexibility index (Phi) is 6.08. The summed E-state index contributed by atoms with van der Waals surface area (Å²) >= 11 is 0. The topological polar surface area (TPSA) is 66.4 Å². The quantitative estimate of drug-likeness (QED) is 0.730. The van der Waals surface area contributed by atoms with E-state index < -0.39 is 15.6 Å². The highest BCUT2D eigenvalue weighted by Gasteiger charge is 2.29. The second-order valence-electron chi connectivity index (χ2n) is 5.96. The summed E-state index contributed by atoms with van der Waals surface area (Å²) < 4.78 is 26.1. The Bertz CT molecular complexity index is 330. The molecule has 0 bridgehead atoms. The van der Waals surface area contributed by atoms with Crippen molar-refractivity contribution in [2.24, 2.45) is 5.92 Å². The first kappa shape index (κ1) is 15.9. The van der Waals surface area contributed by atoms with Crippen molar-refractivity contribution in [1.29, 1.82) is 0 Å². The Balaban J connectivity index is 2.42. The minimum absolute atomic E-state index is 0.154. The molecule has 4 nitrogen and oxygen atoms in total. The van der Waals surface area contributed by atoms with Gasteiger partial charge in [0, 0.05) is 6.54 Å². The number of rotatable bonds is 6. The molecule has 5 heteroatoms. The van der Waals surface area contributed by atoms with Crippen LogP contribution in [0.15, 0.2) is 0 Å². The van der Waals surface area contributed by atoms with E-state index in [0.717, 1.165) is 25.7 Å². The maximum atomic E-state index is 11.8. The van der Waals surface area contributed by atoms with Crippen molar-refractivity contribution >= 4 is 10.0 Å².